The van der Waals surface area contributed by atoms with Gasteiger partial charge in [0.25, 0.3) is 0 Å². The third kappa shape index (κ3) is 5.11. The predicted molar refractivity (Wildman–Crippen MR) is 129 cm³/mol. The zero-order valence-electron chi connectivity index (χ0n) is 20.1. The van der Waals surface area contributed by atoms with E-state index in [-0.39, 0.29) is 0 Å². The average molecular weight is 439 g/mol. The van der Waals surface area contributed by atoms with E-state index in [2.05, 4.69) is 56.1 Å². The van der Waals surface area contributed by atoms with Crippen LogP contribution < -0.4 is 5.32 Å². The molecule has 2 fully saturated rings. The maximum Gasteiger partial charge on any atom is 0.172 e. The summed E-state index contributed by atoms with van der Waals surface area (Å²) in [6, 6.07) is 1.21. The van der Waals surface area contributed by atoms with Crippen LogP contribution in [0.2, 0.25) is 0 Å². The molecule has 7 nitrogen and oxygen atoms in total. The normalized spacial score (nSPS) is 24.2. The highest BCUT2D eigenvalue weighted by Gasteiger charge is 2.30. The first kappa shape index (κ1) is 23.1. The fourth-order valence-corrected chi connectivity index (χ4v) is 5.31. The van der Waals surface area contributed by atoms with Crippen molar-refractivity contribution in [1.82, 2.24) is 24.7 Å². The number of nitrogens with zero attached hydrogens (tertiary/aromatic N) is 5. The monoisotopic (exact) mass is 438 g/mol. The Morgan fingerprint density at radius 3 is 2.41 bits per heavy atom. The van der Waals surface area contributed by atoms with Crippen molar-refractivity contribution in [3.05, 3.63) is 40.5 Å². The van der Waals surface area contributed by atoms with Crippen LogP contribution in [-0.2, 0) is 6.42 Å². The van der Waals surface area contributed by atoms with E-state index in [9.17, 15) is 4.79 Å². The standard InChI is InChI=1S/C25H38N6O/c1-5-22-19(3)26-25(23(17-32)28-22)27-20-6-7-24(18(2)16-20)31-10-8-21(9-11-31)30-14-12-29(4)13-15-30/h6,16-17,21,24H,5,7-15H2,1-4H3,(H,26,27). The van der Waals surface area contributed by atoms with Crippen molar-refractivity contribution in [2.24, 2.45) is 0 Å². The Morgan fingerprint density at radius 1 is 1.06 bits per heavy atom. The minimum absolute atomic E-state index is 0.382. The van der Waals surface area contributed by atoms with E-state index in [1.807, 2.05) is 13.8 Å². The first-order chi connectivity index (χ1) is 15.5. The van der Waals surface area contributed by atoms with Gasteiger partial charge in [-0.25, -0.2) is 9.97 Å². The zero-order chi connectivity index (χ0) is 22.7. The molecule has 4 rings (SSSR count). The molecule has 1 aliphatic carbocycles. The van der Waals surface area contributed by atoms with Gasteiger partial charge in [0, 0.05) is 57.0 Å². The van der Waals surface area contributed by atoms with E-state index >= 15 is 0 Å². The van der Waals surface area contributed by atoms with Gasteiger partial charge in [-0.1, -0.05) is 18.6 Å². The highest BCUT2D eigenvalue weighted by molar-refractivity contribution is 5.80. The Morgan fingerprint density at radius 2 is 1.78 bits per heavy atom. The molecule has 0 saturated carbocycles. The highest BCUT2D eigenvalue weighted by Crippen LogP contribution is 2.28. The van der Waals surface area contributed by atoms with E-state index in [0.717, 1.165) is 42.3 Å². The van der Waals surface area contributed by atoms with Crippen molar-refractivity contribution < 1.29 is 4.79 Å². The number of carbonyl (C=O) groups is 1. The number of allylic oxidation sites excluding steroid dienone is 1. The summed E-state index contributed by atoms with van der Waals surface area (Å²) in [5.74, 6) is 0.552. The third-order valence-corrected chi connectivity index (χ3v) is 7.37. The fraction of sp³-hybridized carbons (Fsp3) is 0.640. The zero-order valence-corrected chi connectivity index (χ0v) is 20.1. The summed E-state index contributed by atoms with van der Waals surface area (Å²) in [5, 5.41) is 3.35. The lowest BCUT2D eigenvalue weighted by molar-refractivity contribution is 0.0591. The quantitative estimate of drug-likeness (QED) is 0.685. The molecule has 0 radical (unpaired) electrons. The van der Waals surface area contributed by atoms with Crippen molar-refractivity contribution in [3.8, 4) is 0 Å². The summed E-state index contributed by atoms with van der Waals surface area (Å²) < 4.78 is 0. The van der Waals surface area contributed by atoms with Gasteiger partial charge >= 0.3 is 0 Å². The fourth-order valence-electron chi connectivity index (χ4n) is 5.31. The van der Waals surface area contributed by atoms with Gasteiger partial charge in [-0.3, -0.25) is 14.6 Å². The first-order valence-corrected chi connectivity index (χ1v) is 12.1. The van der Waals surface area contributed by atoms with Crippen LogP contribution >= 0.6 is 0 Å². The molecule has 3 heterocycles. The molecule has 174 valence electrons. The van der Waals surface area contributed by atoms with Crippen molar-refractivity contribution in [2.75, 3.05) is 51.6 Å². The van der Waals surface area contributed by atoms with Crippen molar-refractivity contribution >= 4 is 12.1 Å². The van der Waals surface area contributed by atoms with Crippen LogP contribution in [0.1, 0.15) is 55.0 Å². The van der Waals surface area contributed by atoms with Gasteiger partial charge in [0.2, 0.25) is 0 Å². The second-order valence-electron chi connectivity index (χ2n) is 9.49. The van der Waals surface area contributed by atoms with Crippen LogP contribution in [0.4, 0.5) is 5.82 Å². The van der Waals surface area contributed by atoms with E-state index in [0.29, 0.717) is 17.6 Å². The van der Waals surface area contributed by atoms with Crippen molar-refractivity contribution in [1.29, 1.82) is 0 Å². The Labute approximate surface area is 192 Å². The third-order valence-electron chi connectivity index (χ3n) is 7.37. The molecule has 0 aromatic carbocycles. The highest BCUT2D eigenvalue weighted by atomic mass is 16.1. The molecule has 7 heteroatoms. The van der Waals surface area contributed by atoms with Gasteiger partial charge in [0.1, 0.15) is 5.69 Å². The first-order valence-electron chi connectivity index (χ1n) is 12.1. The summed E-state index contributed by atoms with van der Waals surface area (Å²) >= 11 is 0. The predicted octanol–water partition coefficient (Wildman–Crippen LogP) is 2.89. The lowest BCUT2D eigenvalue weighted by Crippen LogP contribution is -2.53. The number of hydrogen-bond acceptors (Lipinski definition) is 7. The molecule has 1 unspecified atom stereocenters. The molecule has 0 bridgehead atoms. The van der Waals surface area contributed by atoms with Gasteiger partial charge < -0.3 is 10.2 Å². The van der Waals surface area contributed by atoms with Gasteiger partial charge in [0.05, 0.1) is 11.4 Å². The van der Waals surface area contributed by atoms with Crippen LogP contribution in [0.25, 0.3) is 0 Å². The van der Waals surface area contributed by atoms with Crippen LogP contribution in [0.5, 0.6) is 0 Å². The molecular formula is C25H38N6O. The number of rotatable bonds is 6. The second-order valence-corrected chi connectivity index (χ2v) is 9.49. The number of anilines is 1. The van der Waals surface area contributed by atoms with E-state index in [1.165, 1.54) is 57.7 Å². The number of hydrogen-bond donors (Lipinski definition) is 1. The molecular weight excluding hydrogens is 400 g/mol. The summed E-state index contributed by atoms with van der Waals surface area (Å²) in [4.78, 5) is 28.4. The lowest BCUT2D eigenvalue weighted by atomic mass is 9.93. The summed E-state index contributed by atoms with van der Waals surface area (Å²) in [5.41, 5.74) is 4.51. The number of carbonyl (C=O) groups excluding carboxylic acids is 1. The number of aryl methyl sites for hydroxylation is 2. The molecule has 32 heavy (non-hydrogen) atoms. The maximum absolute atomic E-state index is 11.5. The molecule has 1 aromatic heterocycles. The van der Waals surface area contributed by atoms with E-state index in [4.69, 9.17) is 0 Å². The van der Waals surface area contributed by atoms with E-state index < -0.39 is 0 Å². The summed E-state index contributed by atoms with van der Waals surface area (Å²) in [6.07, 6.45) is 9.53. The Bertz CT molecular complexity index is 879. The second kappa shape index (κ2) is 10.2. The lowest BCUT2D eigenvalue weighted by Gasteiger charge is -2.44. The number of aromatic nitrogens is 2. The van der Waals surface area contributed by atoms with Crippen molar-refractivity contribution in [3.63, 3.8) is 0 Å². The van der Waals surface area contributed by atoms with Crippen LogP contribution in [-0.4, -0.2) is 89.4 Å². The minimum Gasteiger partial charge on any atom is -0.339 e. The number of piperidine rings is 1. The Kier molecular flexibility index (Phi) is 7.38. The summed E-state index contributed by atoms with van der Waals surface area (Å²) in [7, 11) is 2.22. The Balaban J connectivity index is 1.35. The molecule has 1 N–H and O–H groups in total. The van der Waals surface area contributed by atoms with Crippen molar-refractivity contribution in [2.45, 2.75) is 58.5 Å². The number of piperazine rings is 1. The maximum atomic E-state index is 11.5. The molecule has 0 amide bonds. The molecule has 0 spiro atoms. The smallest absolute Gasteiger partial charge is 0.172 e. The Hall–Kier alpha value is -2.09. The molecule has 2 saturated heterocycles. The summed E-state index contributed by atoms with van der Waals surface area (Å²) in [6.45, 7) is 13.4. The van der Waals surface area contributed by atoms with E-state index in [1.54, 1.807) is 0 Å². The average Bonchev–Trinajstić information content (AvgIpc) is 2.80. The molecule has 1 atom stereocenters. The van der Waals surface area contributed by atoms with Gasteiger partial charge in [-0.05, 0) is 52.7 Å². The minimum atomic E-state index is 0.382. The topological polar surface area (TPSA) is 64.6 Å². The largest absolute Gasteiger partial charge is 0.339 e. The van der Waals surface area contributed by atoms with Crippen LogP contribution in [0, 0.1) is 6.92 Å². The van der Waals surface area contributed by atoms with Crippen LogP contribution in [0.3, 0.4) is 0 Å². The van der Waals surface area contributed by atoms with Gasteiger partial charge in [0.15, 0.2) is 12.1 Å². The number of likely N-dealkylation sites (tertiary alicyclic amines) is 1. The van der Waals surface area contributed by atoms with Gasteiger partial charge in [-0.2, -0.15) is 0 Å². The molecule has 2 aliphatic heterocycles. The molecule has 3 aliphatic rings. The number of aldehydes is 1. The number of likely N-dealkylation sites (N-methyl/N-ethyl adjacent to an activating group) is 1. The SMILES string of the molecule is CCc1nc(C=O)c(NC2=CCC(N3CCC(N4CCN(C)CC4)CC3)C(C)=C2)nc1C. The molecule has 1 aromatic rings. The van der Waals surface area contributed by atoms with Crippen LogP contribution in [0.15, 0.2) is 23.4 Å². The number of nitrogens with one attached hydrogen (secondary N) is 1. The van der Waals surface area contributed by atoms with Gasteiger partial charge in [-0.15, -0.1) is 0 Å².